The molecule has 0 aliphatic carbocycles. The number of nitrogens with two attached hydrogens (primary N) is 1. The van der Waals surface area contributed by atoms with Crippen molar-refractivity contribution in [2.75, 3.05) is 18.4 Å². The molecule has 1 aromatic carbocycles. The molecule has 0 saturated heterocycles. The normalized spacial score (nSPS) is 12.6. The number of anilines is 1. The maximum absolute atomic E-state index is 9.20. The Balaban J connectivity index is 2.55. The summed E-state index contributed by atoms with van der Waals surface area (Å²) in [5, 5.41) is 13.2. The standard InChI is InChI=1S/C9H12Cl2N2O/c10-8-2-1-6(3-9(8)11)13-5-7(14)4-12/h1-3,7,13-14H,4-5,12H2. The summed E-state index contributed by atoms with van der Waals surface area (Å²) in [6.45, 7) is 0.628. The zero-order valence-electron chi connectivity index (χ0n) is 7.50. The number of rotatable bonds is 4. The van der Waals surface area contributed by atoms with Gasteiger partial charge in [-0.05, 0) is 18.2 Å². The van der Waals surface area contributed by atoms with Crippen molar-refractivity contribution in [1.82, 2.24) is 0 Å². The summed E-state index contributed by atoms with van der Waals surface area (Å²) in [7, 11) is 0. The highest BCUT2D eigenvalue weighted by Gasteiger charge is 2.02. The zero-order chi connectivity index (χ0) is 10.6. The molecular formula is C9H12Cl2N2O. The predicted molar refractivity (Wildman–Crippen MR) is 60.0 cm³/mol. The van der Waals surface area contributed by atoms with Gasteiger partial charge in [0.2, 0.25) is 0 Å². The minimum Gasteiger partial charge on any atom is -0.390 e. The smallest absolute Gasteiger partial charge is 0.0834 e. The summed E-state index contributed by atoms with van der Waals surface area (Å²) in [6.07, 6.45) is -0.551. The van der Waals surface area contributed by atoms with Crippen LogP contribution in [0.25, 0.3) is 0 Å². The number of halogens is 2. The van der Waals surface area contributed by atoms with Crippen molar-refractivity contribution in [1.29, 1.82) is 0 Å². The third kappa shape index (κ3) is 3.35. The van der Waals surface area contributed by atoms with Crippen molar-refractivity contribution in [3.05, 3.63) is 28.2 Å². The molecule has 0 radical (unpaired) electrons. The molecule has 0 heterocycles. The van der Waals surface area contributed by atoms with Crippen LogP contribution in [-0.4, -0.2) is 24.3 Å². The summed E-state index contributed by atoms with van der Waals surface area (Å²) in [4.78, 5) is 0. The van der Waals surface area contributed by atoms with Crippen LogP contribution in [0.5, 0.6) is 0 Å². The van der Waals surface area contributed by atoms with Crippen LogP contribution in [0.1, 0.15) is 0 Å². The van der Waals surface area contributed by atoms with Gasteiger partial charge in [0, 0.05) is 18.8 Å². The SMILES string of the molecule is NCC(O)CNc1ccc(Cl)c(Cl)c1. The lowest BCUT2D eigenvalue weighted by Gasteiger charge is -2.10. The molecule has 0 spiro atoms. The summed E-state index contributed by atoms with van der Waals surface area (Å²) in [5.41, 5.74) is 6.06. The average molecular weight is 235 g/mol. The third-order valence-corrected chi connectivity index (χ3v) is 2.47. The molecule has 0 aromatic heterocycles. The van der Waals surface area contributed by atoms with E-state index in [1.165, 1.54) is 0 Å². The first-order valence-corrected chi connectivity index (χ1v) is 4.96. The van der Waals surface area contributed by atoms with Crippen molar-refractivity contribution < 1.29 is 5.11 Å². The van der Waals surface area contributed by atoms with Crippen LogP contribution in [0.2, 0.25) is 10.0 Å². The highest BCUT2D eigenvalue weighted by molar-refractivity contribution is 6.42. The number of benzene rings is 1. The number of hydrogen-bond acceptors (Lipinski definition) is 3. The second-order valence-electron chi connectivity index (χ2n) is 2.90. The van der Waals surface area contributed by atoms with E-state index in [4.69, 9.17) is 28.9 Å². The molecule has 0 amide bonds. The van der Waals surface area contributed by atoms with Crippen LogP contribution < -0.4 is 11.1 Å². The largest absolute Gasteiger partial charge is 0.390 e. The van der Waals surface area contributed by atoms with Crippen LogP contribution in [0.4, 0.5) is 5.69 Å². The molecule has 78 valence electrons. The minimum atomic E-state index is -0.551. The van der Waals surface area contributed by atoms with Gasteiger partial charge in [-0.25, -0.2) is 0 Å². The summed E-state index contributed by atoms with van der Waals surface area (Å²) >= 11 is 11.5. The lowest BCUT2D eigenvalue weighted by atomic mass is 10.3. The monoisotopic (exact) mass is 234 g/mol. The predicted octanol–water partition coefficient (Wildman–Crippen LogP) is 1.72. The van der Waals surface area contributed by atoms with Gasteiger partial charge in [0.05, 0.1) is 16.1 Å². The van der Waals surface area contributed by atoms with Crippen molar-refractivity contribution in [3.63, 3.8) is 0 Å². The lowest BCUT2D eigenvalue weighted by Crippen LogP contribution is -2.27. The van der Waals surface area contributed by atoms with E-state index < -0.39 is 6.10 Å². The Hall–Kier alpha value is -0.480. The first-order valence-electron chi connectivity index (χ1n) is 4.20. The van der Waals surface area contributed by atoms with Crippen LogP contribution in [-0.2, 0) is 0 Å². The molecule has 0 aliphatic rings. The Morgan fingerprint density at radius 1 is 1.36 bits per heavy atom. The summed E-state index contributed by atoms with van der Waals surface area (Å²) in [5.74, 6) is 0. The minimum absolute atomic E-state index is 0.230. The molecule has 1 rings (SSSR count). The zero-order valence-corrected chi connectivity index (χ0v) is 9.02. The molecule has 5 heteroatoms. The Bertz CT molecular complexity index is 307. The second-order valence-corrected chi connectivity index (χ2v) is 3.71. The van der Waals surface area contributed by atoms with Crippen molar-refractivity contribution in [3.8, 4) is 0 Å². The highest BCUT2D eigenvalue weighted by Crippen LogP contribution is 2.24. The van der Waals surface area contributed by atoms with E-state index >= 15 is 0 Å². The van der Waals surface area contributed by atoms with Gasteiger partial charge in [0.15, 0.2) is 0 Å². The number of aliphatic hydroxyl groups excluding tert-OH is 1. The van der Waals surface area contributed by atoms with Crippen LogP contribution in [0, 0.1) is 0 Å². The number of hydrogen-bond donors (Lipinski definition) is 3. The molecule has 0 aliphatic heterocycles. The lowest BCUT2D eigenvalue weighted by molar-refractivity contribution is 0.196. The molecule has 0 fully saturated rings. The van der Waals surface area contributed by atoms with Gasteiger partial charge in [-0.3, -0.25) is 0 Å². The van der Waals surface area contributed by atoms with Crippen LogP contribution in [0.15, 0.2) is 18.2 Å². The van der Waals surface area contributed by atoms with E-state index in [0.717, 1.165) is 5.69 Å². The average Bonchev–Trinajstić information content (AvgIpc) is 2.19. The molecule has 1 aromatic rings. The van der Waals surface area contributed by atoms with Crippen molar-refractivity contribution >= 4 is 28.9 Å². The topological polar surface area (TPSA) is 58.3 Å². The van der Waals surface area contributed by atoms with Gasteiger partial charge in [0.1, 0.15) is 0 Å². The molecule has 0 bridgehead atoms. The van der Waals surface area contributed by atoms with E-state index in [0.29, 0.717) is 16.6 Å². The molecule has 0 saturated carbocycles. The fourth-order valence-corrected chi connectivity index (χ4v) is 1.22. The fraction of sp³-hybridized carbons (Fsp3) is 0.333. The quantitative estimate of drug-likeness (QED) is 0.744. The van der Waals surface area contributed by atoms with Gasteiger partial charge in [0.25, 0.3) is 0 Å². The van der Waals surface area contributed by atoms with Gasteiger partial charge < -0.3 is 16.2 Å². The van der Waals surface area contributed by atoms with Gasteiger partial charge >= 0.3 is 0 Å². The Kier molecular flexibility index (Phi) is 4.48. The van der Waals surface area contributed by atoms with E-state index in [1.54, 1.807) is 18.2 Å². The molecule has 3 nitrogen and oxygen atoms in total. The van der Waals surface area contributed by atoms with Gasteiger partial charge in [-0.2, -0.15) is 0 Å². The number of aliphatic hydroxyl groups is 1. The Labute approximate surface area is 92.8 Å². The van der Waals surface area contributed by atoms with E-state index in [2.05, 4.69) is 5.32 Å². The maximum atomic E-state index is 9.20. The molecular weight excluding hydrogens is 223 g/mol. The van der Waals surface area contributed by atoms with E-state index in [1.807, 2.05) is 0 Å². The fourth-order valence-electron chi connectivity index (χ4n) is 0.925. The van der Waals surface area contributed by atoms with Crippen LogP contribution >= 0.6 is 23.2 Å². The van der Waals surface area contributed by atoms with Gasteiger partial charge in [-0.15, -0.1) is 0 Å². The Morgan fingerprint density at radius 2 is 2.07 bits per heavy atom. The van der Waals surface area contributed by atoms with Crippen molar-refractivity contribution in [2.45, 2.75) is 6.10 Å². The first kappa shape index (κ1) is 11.6. The molecule has 14 heavy (non-hydrogen) atoms. The number of nitrogens with one attached hydrogen (secondary N) is 1. The summed E-state index contributed by atoms with van der Waals surface area (Å²) in [6, 6.07) is 5.19. The third-order valence-electron chi connectivity index (χ3n) is 1.73. The van der Waals surface area contributed by atoms with Crippen LogP contribution in [0.3, 0.4) is 0 Å². The molecule has 1 unspecified atom stereocenters. The molecule has 1 atom stereocenters. The van der Waals surface area contributed by atoms with Crippen molar-refractivity contribution in [2.24, 2.45) is 5.73 Å². The Morgan fingerprint density at radius 3 is 2.64 bits per heavy atom. The second kappa shape index (κ2) is 5.41. The maximum Gasteiger partial charge on any atom is 0.0834 e. The molecule has 4 N–H and O–H groups in total. The first-order chi connectivity index (χ1) is 6.63. The van der Waals surface area contributed by atoms with Gasteiger partial charge in [-0.1, -0.05) is 23.2 Å². The van der Waals surface area contributed by atoms with E-state index in [9.17, 15) is 5.11 Å². The summed E-state index contributed by atoms with van der Waals surface area (Å²) < 4.78 is 0. The van der Waals surface area contributed by atoms with E-state index in [-0.39, 0.29) is 6.54 Å². The highest BCUT2D eigenvalue weighted by atomic mass is 35.5.